The van der Waals surface area contributed by atoms with E-state index in [0.29, 0.717) is 11.4 Å². The Hall–Kier alpha value is -2.14. The Morgan fingerprint density at radius 3 is 2.56 bits per heavy atom. The van der Waals surface area contributed by atoms with E-state index in [-0.39, 0.29) is 6.04 Å². The number of nitrogens with zero attached hydrogens (tertiary/aromatic N) is 6. The number of aromatic nitrogens is 3. The summed E-state index contributed by atoms with van der Waals surface area (Å²) >= 11 is 7.93. The first-order valence-corrected chi connectivity index (χ1v) is 13.7. The van der Waals surface area contributed by atoms with Crippen LogP contribution in [0, 0.1) is 20.8 Å². The van der Waals surface area contributed by atoms with Crippen LogP contribution in [0.4, 0.5) is 0 Å². The molecule has 0 unspecified atom stereocenters. The van der Waals surface area contributed by atoms with E-state index in [0.717, 1.165) is 72.8 Å². The van der Waals surface area contributed by atoms with Crippen molar-refractivity contribution >= 4 is 28.6 Å². The van der Waals surface area contributed by atoms with Crippen LogP contribution in [-0.2, 0) is 0 Å². The van der Waals surface area contributed by atoms with E-state index >= 15 is 0 Å². The van der Waals surface area contributed by atoms with Gasteiger partial charge < -0.3 is 10.0 Å². The Morgan fingerprint density at radius 2 is 1.83 bits per heavy atom. The molecule has 192 valence electrons. The third kappa shape index (κ3) is 5.14. The van der Waals surface area contributed by atoms with Crippen LogP contribution in [0.15, 0.2) is 29.3 Å². The van der Waals surface area contributed by atoms with Crippen molar-refractivity contribution in [3.8, 4) is 5.00 Å². The second-order valence-electron chi connectivity index (χ2n) is 9.76. The van der Waals surface area contributed by atoms with Gasteiger partial charge >= 0.3 is 0 Å². The number of hydrogen-bond acceptors (Lipinski definition) is 8. The molecule has 8 nitrogen and oxygen atoms in total. The van der Waals surface area contributed by atoms with E-state index in [1.807, 2.05) is 31.2 Å². The number of benzene rings is 1. The second kappa shape index (κ2) is 10.7. The maximum Gasteiger partial charge on any atom is 0.163 e. The third-order valence-corrected chi connectivity index (χ3v) is 8.65. The van der Waals surface area contributed by atoms with Crippen molar-refractivity contribution < 1.29 is 5.11 Å². The predicted molar refractivity (Wildman–Crippen MR) is 146 cm³/mol. The highest BCUT2D eigenvalue weighted by atomic mass is 35.5. The van der Waals surface area contributed by atoms with Crippen LogP contribution in [0.3, 0.4) is 0 Å². The van der Waals surface area contributed by atoms with Crippen LogP contribution >= 0.6 is 22.9 Å². The molecule has 0 saturated carbocycles. The predicted octanol–water partition coefficient (Wildman–Crippen LogP) is 3.35. The minimum Gasteiger partial charge on any atom is -0.379 e. The van der Waals surface area contributed by atoms with Crippen LogP contribution in [0.2, 0.25) is 5.02 Å². The summed E-state index contributed by atoms with van der Waals surface area (Å²) in [5.41, 5.74) is 4.21. The molecular weight excluding hydrogens is 494 g/mol. The molecule has 10 heteroatoms. The minimum absolute atomic E-state index is 0.345. The summed E-state index contributed by atoms with van der Waals surface area (Å²) in [6.45, 7) is 12.2. The van der Waals surface area contributed by atoms with Crippen LogP contribution in [0.1, 0.15) is 45.7 Å². The number of piperazine rings is 1. The molecule has 1 fully saturated rings. The number of aliphatic imine (C=N–C) groups is 1. The first-order valence-electron chi connectivity index (χ1n) is 12.5. The molecule has 0 bridgehead atoms. The van der Waals surface area contributed by atoms with Crippen molar-refractivity contribution in [3.63, 3.8) is 0 Å². The van der Waals surface area contributed by atoms with Gasteiger partial charge in [-0.15, -0.1) is 21.5 Å². The van der Waals surface area contributed by atoms with E-state index in [1.54, 1.807) is 11.3 Å². The molecular formula is C26H34ClN7OS. The third-order valence-electron chi connectivity index (χ3n) is 7.21. The number of aliphatic hydroxyl groups is 1. The Labute approximate surface area is 221 Å². The molecule has 36 heavy (non-hydrogen) atoms. The molecule has 0 spiro atoms. The highest BCUT2D eigenvalue weighted by molar-refractivity contribution is 7.15. The van der Waals surface area contributed by atoms with Gasteiger partial charge in [0.25, 0.3) is 0 Å². The highest BCUT2D eigenvalue weighted by Crippen LogP contribution is 2.39. The minimum atomic E-state index is -0.706. The lowest BCUT2D eigenvalue weighted by molar-refractivity contribution is 0.106. The maximum atomic E-state index is 11.0. The van der Waals surface area contributed by atoms with Gasteiger partial charge in [-0.1, -0.05) is 23.7 Å². The number of rotatable bonds is 7. The fourth-order valence-electron chi connectivity index (χ4n) is 4.91. The summed E-state index contributed by atoms with van der Waals surface area (Å²) in [6.07, 6.45) is -0.299. The molecule has 2 N–H and O–H groups in total. The first kappa shape index (κ1) is 25.5. The summed E-state index contributed by atoms with van der Waals surface area (Å²) in [7, 11) is 2.16. The van der Waals surface area contributed by atoms with Gasteiger partial charge in [0.15, 0.2) is 5.82 Å². The maximum absolute atomic E-state index is 11.0. The summed E-state index contributed by atoms with van der Waals surface area (Å²) in [6, 6.07) is 7.47. The largest absolute Gasteiger partial charge is 0.379 e. The van der Waals surface area contributed by atoms with E-state index in [1.165, 1.54) is 10.4 Å². The Bertz CT molecular complexity index is 1240. The van der Waals surface area contributed by atoms with Crippen molar-refractivity contribution in [2.45, 2.75) is 39.5 Å². The van der Waals surface area contributed by atoms with Crippen molar-refractivity contribution in [2.75, 3.05) is 46.3 Å². The van der Waals surface area contributed by atoms with Gasteiger partial charge in [0.05, 0.1) is 5.71 Å². The summed E-state index contributed by atoms with van der Waals surface area (Å²) in [4.78, 5) is 11.3. The molecule has 4 heterocycles. The van der Waals surface area contributed by atoms with Gasteiger partial charge in [-0.2, -0.15) is 0 Å². The summed E-state index contributed by atoms with van der Waals surface area (Å²) in [5, 5.41) is 25.0. The van der Waals surface area contributed by atoms with Crippen molar-refractivity contribution in [1.29, 1.82) is 0 Å². The molecule has 1 aromatic carbocycles. The second-order valence-corrected chi connectivity index (χ2v) is 11.4. The van der Waals surface area contributed by atoms with Crippen molar-refractivity contribution in [3.05, 3.63) is 62.5 Å². The molecule has 0 radical (unpaired) electrons. The van der Waals surface area contributed by atoms with E-state index in [4.69, 9.17) is 16.6 Å². The van der Waals surface area contributed by atoms with Crippen molar-refractivity contribution in [1.82, 2.24) is 29.9 Å². The number of hydrogen-bond donors (Lipinski definition) is 2. The van der Waals surface area contributed by atoms with E-state index < -0.39 is 6.23 Å². The molecule has 2 aliphatic heterocycles. The van der Waals surface area contributed by atoms with Crippen LogP contribution in [-0.4, -0.2) is 87.9 Å². The van der Waals surface area contributed by atoms with Gasteiger partial charge in [0.2, 0.25) is 0 Å². The topological polar surface area (TPSA) is 81.8 Å². The number of nitrogens with one attached hydrogen (secondary N) is 1. The van der Waals surface area contributed by atoms with Crippen molar-refractivity contribution in [2.24, 2.45) is 4.99 Å². The average Bonchev–Trinajstić information content (AvgIpc) is 3.33. The lowest BCUT2D eigenvalue weighted by Crippen LogP contribution is -2.47. The zero-order valence-electron chi connectivity index (χ0n) is 21.3. The zero-order chi connectivity index (χ0) is 25.4. The quantitative estimate of drug-likeness (QED) is 0.459. The lowest BCUT2D eigenvalue weighted by Gasteiger charge is -2.32. The number of thiophene rings is 1. The van der Waals surface area contributed by atoms with E-state index in [2.05, 4.69) is 50.8 Å². The van der Waals surface area contributed by atoms with Crippen LogP contribution in [0.25, 0.3) is 5.00 Å². The van der Waals surface area contributed by atoms with Gasteiger partial charge in [-0.25, -0.2) is 0 Å². The summed E-state index contributed by atoms with van der Waals surface area (Å²) in [5.74, 6) is 1.58. The number of halogens is 1. The monoisotopic (exact) mass is 527 g/mol. The van der Waals surface area contributed by atoms with Crippen LogP contribution in [0.5, 0.6) is 0 Å². The normalized spacial score (nSPS) is 19.5. The number of fused-ring (bicyclic) bond motifs is 3. The zero-order valence-corrected chi connectivity index (χ0v) is 22.9. The Balaban J connectivity index is 1.42. The van der Waals surface area contributed by atoms with E-state index in [9.17, 15) is 5.11 Å². The number of likely N-dealkylation sites (N-methyl/N-ethyl adjacent to an activating group) is 1. The number of aliphatic hydroxyl groups excluding tert-OH is 1. The highest BCUT2D eigenvalue weighted by Gasteiger charge is 2.32. The van der Waals surface area contributed by atoms with Gasteiger partial charge in [-0.05, 0) is 45.5 Å². The first-order chi connectivity index (χ1) is 17.3. The average molecular weight is 528 g/mol. The molecule has 2 aliphatic rings. The number of aryl methyl sites for hydroxylation is 2. The molecule has 2 atom stereocenters. The lowest BCUT2D eigenvalue weighted by atomic mass is 9.99. The van der Waals surface area contributed by atoms with Gasteiger partial charge in [-0.3, -0.25) is 19.8 Å². The Kier molecular flexibility index (Phi) is 7.57. The van der Waals surface area contributed by atoms with Gasteiger partial charge in [0.1, 0.15) is 23.1 Å². The Morgan fingerprint density at radius 1 is 1.11 bits per heavy atom. The fraction of sp³-hybridized carbons (Fsp3) is 0.500. The van der Waals surface area contributed by atoms with Gasteiger partial charge in [0, 0.05) is 66.7 Å². The molecule has 0 aliphatic carbocycles. The standard InChI is InChI=1S/C26H34ClN7OS/c1-16-17(2)36-26-23(16)24(19-5-7-20(27)8-6-19)29-21(25-31-30-18(3)34(25)26)15-22(35)28-9-10-33-13-11-32(4)12-14-33/h5-8,21-22,28,35H,9-15H2,1-4H3/t21-,22+/m0/s1. The fourth-order valence-corrected chi connectivity index (χ4v) is 6.25. The summed E-state index contributed by atoms with van der Waals surface area (Å²) < 4.78 is 2.12. The molecule has 2 aromatic heterocycles. The smallest absolute Gasteiger partial charge is 0.163 e. The van der Waals surface area contributed by atoms with Crippen LogP contribution < -0.4 is 5.32 Å². The molecule has 3 aromatic rings. The molecule has 0 amide bonds. The SMILES string of the molecule is Cc1sc2c(c1C)C(c1ccc(Cl)cc1)=N[C@@H](C[C@@H](O)NCCN1CCN(C)CC1)c1nnc(C)n1-2. The molecule has 1 saturated heterocycles. The molecule has 5 rings (SSSR count).